The quantitative estimate of drug-likeness (QED) is 0.467. The first-order valence-electron chi connectivity index (χ1n) is 13.5. The van der Waals surface area contributed by atoms with Crippen molar-refractivity contribution in [1.82, 2.24) is 24.3 Å². The Morgan fingerprint density at radius 1 is 1.05 bits per heavy atom. The van der Waals surface area contributed by atoms with Crippen LogP contribution in [0.2, 0.25) is 0 Å². The van der Waals surface area contributed by atoms with Gasteiger partial charge >= 0.3 is 11.7 Å². The van der Waals surface area contributed by atoms with Crippen molar-refractivity contribution in [3.8, 4) is 11.4 Å². The number of anilines is 1. The van der Waals surface area contributed by atoms with Crippen LogP contribution in [0.5, 0.6) is 5.75 Å². The average Bonchev–Trinajstić information content (AvgIpc) is 2.92. The summed E-state index contributed by atoms with van der Waals surface area (Å²) in [4.78, 5) is 47.4. The number of hydrogen-bond acceptors (Lipinski definition) is 8. The Kier molecular flexibility index (Phi) is 8.88. The molecular formula is C27H40N8O4. The van der Waals surface area contributed by atoms with E-state index in [2.05, 4.69) is 22.1 Å². The van der Waals surface area contributed by atoms with Gasteiger partial charge in [0.1, 0.15) is 18.2 Å². The van der Waals surface area contributed by atoms with Crippen LogP contribution < -0.4 is 27.2 Å². The summed E-state index contributed by atoms with van der Waals surface area (Å²) < 4.78 is 7.37. The highest BCUT2D eigenvalue weighted by Gasteiger charge is 2.31. The highest BCUT2D eigenvalue weighted by atomic mass is 16.5. The summed E-state index contributed by atoms with van der Waals surface area (Å²) in [5.74, 6) is 0.738. The first-order valence-corrected chi connectivity index (χ1v) is 13.5. The fourth-order valence-electron chi connectivity index (χ4n) is 4.76. The number of hydrogen-bond donors (Lipinski definition) is 3. The molecule has 1 aromatic heterocycles. The molecule has 2 aromatic rings. The third-order valence-electron chi connectivity index (χ3n) is 7.25. The summed E-state index contributed by atoms with van der Waals surface area (Å²) in [5.41, 5.74) is 11.1. The van der Waals surface area contributed by atoms with E-state index in [4.69, 9.17) is 16.2 Å². The van der Waals surface area contributed by atoms with Crippen LogP contribution in [0.25, 0.3) is 5.69 Å². The molecule has 0 spiro atoms. The van der Waals surface area contributed by atoms with Crippen LogP contribution in [0.3, 0.4) is 0 Å². The summed E-state index contributed by atoms with van der Waals surface area (Å²) >= 11 is 0. The number of likely N-dealkylation sites (tertiary alicyclic amines) is 1. The van der Waals surface area contributed by atoms with Crippen LogP contribution in [-0.4, -0.2) is 99.7 Å². The maximum Gasteiger partial charge on any atom is 0.354 e. The highest BCUT2D eigenvalue weighted by Crippen LogP contribution is 2.17. The number of piperazine rings is 1. The third-order valence-corrected chi connectivity index (χ3v) is 7.25. The van der Waals surface area contributed by atoms with Crippen LogP contribution in [0.4, 0.5) is 10.6 Å². The number of amides is 3. The van der Waals surface area contributed by atoms with Crippen molar-refractivity contribution in [3.63, 3.8) is 0 Å². The molecule has 0 radical (unpaired) electrons. The lowest BCUT2D eigenvalue weighted by Gasteiger charge is -2.37. The van der Waals surface area contributed by atoms with Gasteiger partial charge in [-0.2, -0.15) is 4.98 Å². The van der Waals surface area contributed by atoms with Gasteiger partial charge in [0.25, 0.3) is 0 Å². The second kappa shape index (κ2) is 12.1. The maximum absolute atomic E-state index is 12.7. The molecule has 2 aliphatic rings. The molecule has 0 bridgehead atoms. The third kappa shape index (κ3) is 7.34. The number of benzene rings is 1. The van der Waals surface area contributed by atoms with Crippen molar-refractivity contribution in [1.29, 1.82) is 0 Å². The summed E-state index contributed by atoms with van der Waals surface area (Å²) in [6.07, 6.45) is 3.60. The van der Waals surface area contributed by atoms with Crippen LogP contribution >= 0.6 is 0 Å². The number of carbonyl (C=O) groups excluding carboxylic acids is 2. The van der Waals surface area contributed by atoms with E-state index < -0.39 is 11.2 Å². The zero-order chi connectivity index (χ0) is 28.2. The SMILES string of the molecule is CC(COc1ccc(-n2ccc(NC(=O)N3CCN(C(=O)C(C)(C)N)CC3)nc2=O)cc1)N1CCC(N)CC1. The fraction of sp³-hybridized carbons (Fsp3) is 0.556. The normalized spacial score (nSPS) is 18.1. The van der Waals surface area contributed by atoms with Gasteiger partial charge in [0.15, 0.2) is 0 Å². The number of ether oxygens (including phenoxy) is 1. The molecule has 0 saturated carbocycles. The Morgan fingerprint density at radius 2 is 1.67 bits per heavy atom. The molecule has 0 aliphatic carbocycles. The van der Waals surface area contributed by atoms with Crippen molar-refractivity contribution in [2.24, 2.45) is 11.5 Å². The Balaban J connectivity index is 1.28. The molecule has 4 rings (SSSR count). The standard InChI is InChI=1S/C27H40N8O4/c1-19(32-11-8-20(28)9-12-32)18-39-22-6-4-21(5-7-22)35-13-10-23(31-26(35)38)30-25(37)34-16-14-33(15-17-34)24(36)27(2,3)29/h4-7,10,13,19-20H,8-9,11-12,14-18,28-29H2,1-3H3,(H,30,31,37,38). The van der Waals surface area contributed by atoms with Gasteiger partial charge < -0.3 is 26.0 Å². The van der Waals surface area contributed by atoms with Crippen LogP contribution in [0.15, 0.2) is 41.3 Å². The van der Waals surface area contributed by atoms with Gasteiger partial charge in [0, 0.05) is 57.5 Å². The smallest absolute Gasteiger partial charge is 0.354 e. The zero-order valence-corrected chi connectivity index (χ0v) is 23.0. The molecule has 1 atom stereocenters. The van der Waals surface area contributed by atoms with E-state index in [1.165, 1.54) is 4.57 Å². The molecule has 3 heterocycles. The number of nitrogens with two attached hydrogens (primary N) is 2. The molecule has 2 saturated heterocycles. The largest absolute Gasteiger partial charge is 0.492 e. The van der Waals surface area contributed by atoms with E-state index in [0.717, 1.165) is 31.7 Å². The maximum atomic E-state index is 12.7. The molecule has 1 unspecified atom stereocenters. The van der Waals surface area contributed by atoms with Crippen molar-refractivity contribution >= 4 is 17.8 Å². The predicted molar refractivity (Wildman–Crippen MR) is 149 cm³/mol. The number of piperidine rings is 1. The van der Waals surface area contributed by atoms with E-state index in [1.54, 1.807) is 48.0 Å². The van der Waals surface area contributed by atoms with Gasteiger partial charge in [0.2, 0.25) is 5.91 Å². The summed E-state index contributed by atoms with van der Waals surface area (Å²) in [6, 6.07) is 9.04. The molecule has 12 nitrogen and oxygen atoms in total. The number of nitrogens with zero attached hydrogens (tertiary/aromatic N) is 5. The lowest BCUT2D eigenvalue weighted by molar-refractivity contribution is -0.137. The molecule has 2 aliphatic heterocycles. The Bertz CT molecular complexity index is 1190. The average molecular weight is 541 g/mol. The van der Waals surface area contributed by atoms with E-state index >= 15 is 0 Å². The fourth-order valence-corrected chi connectivity index (χ4v) is 4.76. The number of carbonyl (C=O) groups is 2. The van der Waals surface area contributed by atoms with Gasteiger partial charge in [-0.05, 0) is 63.9 Å². The Hall–Kier alpha value is -3.48. The molecule has 1 aromatic carbocycles. The number of aromatic nitrogens is 2. The van der Waals surface area contributed by atoms with Gasteiger partial charge in [-0.3, -0.25) is 19.6 Å². The molecule has 2 fully saturated rings. The van der Waals surface area contributed by atoms with Crippen LogP contribution in [0, 0.1) is 0 Å². The van der Waals surface area contributed by atoms with Crippen molar-refractivity contribution in [2.75, 3.05) is 51.2 Å². The summed E-state index contributed by atoms with van der Waals surface area (Å²) in [7, 11) is 0. The Labute approximate surface area is 228 Å². The second-order valence-electron chi connectivity index (χ2n) is 10.9. The van der Waals surface area contributed by atoms with E-state index in [-0.39, 0.29) is 23.8 Å². The van der Waals surface area contributed by atoms with Crippen LogP contribution in [-0.2, 0) is 4.79 Å². The summed E-state index contributed by atoms with van der Waals surface area (Å²) in [6.45, 7) is 9.55. The number of nitrogens with one attached hydrogen (secondary N) is 1. The second-order valence-corrected chi connectivity index (χ2v) is 10.9. The number of urea groups is 1. The minimum Gasteiger partial charge on any atom is -0.492 e. The lowest BCUT2D eigenvalue weighted by atomic mass is 10.0. The minimum atomic E-state index is -0.952. The highest BCUT2D eigenvalue weighted by molar-refractivity contribution is 5.89. The van der Waals surface area contributed by atoms with E-state index in [0.29, 0.717) is 44.5 Å². The van der Waals surface area contributed by atoms with Crippen molar-refractivity contribution in [2.45, 2.75) is 51.2 Å². The van der Waals surface area contributed by atoms with E-state index in [1.807, 2.05) is 12.1 Å². The van der Waals surface area contributed by atoms with Crippen molar-refractivity contribution in [3.05, 3.63) is 47.0 Å². The molecule has 39 heavy (non-hydrogen) atoms. The number of rotatable bonds is 7. The molecule has 3 amide bonds. The van der Waals surface area contributed by atoms with Gasteiger partial charge in [0.05, 0.1) is 11.2 Å². The first kappa shape index (κ1) is 28.5. The minimum absolute atomic E-state index is 0.148. The van der Waals surface area contributed by atoms with Crippen molar-refractivity contribution < 1.29 is 14.3 Å². The summed E-state index contributed by atoms with van der Waals surface area (Å²) in [5, 5.41) is 2.67. The van der Waals surface area contributed by atoms with E-state index in [9.17, 15) is 14.4 Å². The zero-order valence-electron chi connectivity index (χ0n) is 23.0. The molecule has 5 N–H and O–H groups in total. The topological polar surface area (TPSA) is 152 Å². The van der Waals surface area contributed by atoms with Crippen LogP contribution in [0.1, 0.15) is 33.6 Å². The Morgan fingerprint density at radius 3 is 2.26 bits per heavy atom. The predicted octanol–water partition coefficient (Wildman–Crippen LogP) is 0.836. The first-order chi connectivity index (χ1) is 18.5. The lowest BCUT2D eigenvalue weighted by Crippen LogP contribution is -2.58. The monoisotopic (exact) mass is 540 g/mol. The van der Waals surface area contributed by atoms with Gasteiger partial charge in [-0.25, -0.2) is 9.59 Å². The molecular weight excluding hydrogens is 500 g/mol. The molecule has 212 valence electrons. The molecule has 12 heteroatoms. The van der Waals surface area contributed by atoms with Gasteiger partial charge in [-0.15, -0.1) is 0 Å². The van der Waals surface area contributed by atoms with Gasteiger partial charge in [-0.1, -0.05) is 0 Å².